The van der Waals surface area contributed by atoms with E-state index < -0.39 is 20.8 Å². The predicted molar refractivity (Wildman–Crippen MR) is 107 cm³/mol. The molecule has 146 valence electrons. The minimum Gasteiger partial charge on any atom is -0.337 e. The van der Waals surface area contributed by atoms with Gasteiger partial charge in [-0.05, 0) is 55.2 Å². The fourth-order valence-electron chi connectivity index (χ4n) is 3.31. The summed E-state index contributed by atoms with van der Waals surface area (Å²) in [6.45, 7) is 3.17. The first-order valence-corrected chi connectivity index (χ1v) is 10.9. The normalized spacial score (nSPS) is 19.1. The lowest BCUT2D eigenvalue weighted by Gasteiger charge is -2.32. The zero-order chi connectivity index (χ0) is 19.9. The Morgan fingerprint density at radius 3 is 2.50 bits per heavy atom. The Kier molecular flexibility index (Phi) is 4.84. The number of rotatable bonds is 2. The lowest BCUT2D eigenvalue weighted by atomic mass is 9.99. The van der Waals surface area contributed by atoms with Gasteiger partial charge in [-0.1, -0.05) is 18.5 Å². The maximum Gasteiger partial charge on any atom is 0.286 e. The van der Waals surface area contributed by atoms with Crippen molar-refractivity contribution in [1.29, 1.82) is 0 Å². The van der Waals surface area contributed by atoms with Gasteiger partial charge in [0.2, 0.25) is 14.9 Å². The third kappa shape index (κ3) is 3.27. The Balaban J connectivity index is 1.80. The van der Waals surface area contributed by atoms with Crippen molar-refractivity contribution in [2.75, 3.05) is 18.1 Å². The van der Waals surface area contributed by atoms with Crippen molar-refractivity contribution in [3.63, 3.8) is 0 Å². The molecule has 9 heteroatoms. The average Bonchev–Trinajstić information content (AvgIpc) is 2.69. The summed E-state index contributed by atoms with van der Waals surface area (Å²) < 4.78 is 26.2. The van der Waals surface area contributed by atoms with Crippen molar-refractivity contribution in [3.05, 3.63) is 47.6 Å². The largest absolute Gasteiger partial charge is 0.337 e. The van der Waals surface area contributed by atoms with Crippen LogP contribution in [-0.2, 0) is 14.6 Å². The van der Waals surface area contributed by atoms with Crippen molar-refractivity contribution in [1.82, 2.24) is 9.88 Å². The zero-order valence-electron chi connectivity index (χ0n) is 15.2. The number of halogens is 1. The second kappa shape index (κ2) is 7.18. The Morgan fingerprint density at radius 2 is 1.82 bits per heavy atom. The second-order valence-electron chi connectivity index (χ2n) is 7.00. The summed E-state index contributed by atoms with van der Waals surface area (Å²) in [6.07, 6.45) is 3.18. The quantitative estimate of drug-likeness (QED) is 0.747. The molecule has 0 spiro atoms. The van der Waals surface area contributed by atoms with E-state index in [1.807, 2.05) is 0 Å². The van der Waals surface area contributed by atoms with Crippen LogP contribution >= 0.6 is 11.6 Å². The number of aromatic nitrogens is 1. The van der Waals surface area contributed by atoms with Crippen LogP contribution in [0.15, 0.2) is 52.6 Å². The van der Waals surface area contributed by atoms with E-state index in [2.05, 4.69) is 17.0 Å². The molecule has 4 rings (SSSR count). The van der Waals surface area contributed by atoms with Crippen molar-refractivity contribution in [3.8, 4) is 0 Å². The third-order valence-electron chi connectivity index (χ3n) is 5.01. The van der Waals surface area contributed by atoms with E-state index in [1.54, 1.807) is 29.2 Å². The monoisotopic (exact) mass is 418 g/mol. The first-order valence-electron chi connectivity index (χ1n) is 9.01. The number of hydrogen-bond acceptors (Lipinski definition) is 6. The van der Waals surface area contributed by atoms with E-state index >= 15 is 0 Å². The minimum atomic E-state index is -4.07. The van der Waals surface area contributed by atoms with Gasteiger partial charge < -0.3 is 4.90 Å². The Morgan fingerprint density at radius 1 is 1.14 bits per heavy atom. The van der Waals surface area contributed by atoms with Crippen LogP contribution in [0.25, 0.3) is 0 Å². The number of amides is 1. The van der Waals surface area contributed by atoms with Crippen LogP contribution in [0.5, 0.6) is 0 Å². The lowest BCUT2D eigenvalue weighted by Crippen LogP contribution is -2.46. The molecule has 0 unspecified atom stereocenters. The number of carbonyl (C=O) groups excluding carboxylic acids is 1. The van der Waals surface area contributed by atoms with Gasteiger partial charge in [-0.3, -0.25) is 4.79 Å². The molecule has 2 aliphatic heterocycles. The number of pyridine rings is 1. The van der Waals surface area contributed by atoms with Crippen LogP contribution in [0, 0.1) is 5.92 Å². The van der Waals surface area contributed by atoms with E-state index in [4.69, 9.17) is 11.6 Å². The van der Waals surface area contributed by atoms with Crippen molar-refractivity contribution >= 4 is 43.9 Å². The van der Waals surface area contributed by atoms with Crippen LogP contribution < -0.4 is 5.01 Å². The fraction of sp³-hybridized carbons (Fsp3) is 0.316. The van der Waals surface area contributed by atoms with E-state index in [-0.39, 0.29) is 10.7 Å². The molecule has 1 aromatic heterocycles. The summed E-state index contributed by atoms with van der Waals surface area (Å²) in [4.78, 5) is 18.8. The molecule has 1 aromatic carbocycles. The van der Waals surface area contributed by atoms with Crippen molar-refractivity contribution < 1.29 is 13.2 Å². The van der Waals surface area contributed by atoms with Gasteiger partial charge in [0.1, 0.15) is 4.90 Å². The van der Waals surface area contributed by atoms with Gasteiger partial charge in [0, 0.05) is 24.3 Å². The number of anilines is 2. The highest BCUT2D eigenvalue weighted by Crippen LogP contribution is 2.35. The fourth-order valence-corrected chi connectivity index (χ4v) is 4.83. The van der Waals surface area contributed by atoms with Gasteiger partial charge in [0.25, 0.3) is 5.91 Å². The highest BCUT2D eigenvalue weighted by Gasteiger charge is 2.41. The number of hydrogen-bond donors (Lipinski definition) is 0. The first kappa shape index (κ1) is 18.9. The van der Waals surface area contributed by atoms with Crippen LogP contribution in [0.4, 0.5) is 11.5 Å². The number of likely N-dealkylation sites (tertiary alicyclic amines) is 1. The predicted octanol–water partition coefficient (Wildman–Crippen LogP) is 3.23. The zero-order valence-corrected chi connectivity index (χ0v) is 16.8. The van der Waals surface area contributed by atoms with E-state index in [0.717, 1.165) is 12.8 Å². The molecule has 28 heavy (non-hydrogen) atoms. The number of carbonyl (C=O) groups is 1. The summed E-state index contributed by atoms with van der Waals surface area (Å²) in [7, 11) is -4.07. The molecule has 1 amide bonds. The molecule has 2 aliphatic rings. The van der Waals surface area contributed by atoms with Crippen LogP contribution in [0.3, 0.4) is 0 Å². The molecule has 2 aromatic rings. The molecule has 1 fully saturated rings. The van der Waals surface area contributed by atoms with Crippen molar-refractivity contribution in [2.45, 2.75) is 24.7 Å². The van der Waals surface area contributed by atoms with Gasteiger partial charge in [-0.15, -0.1) is 5.10 Å². The molecule has 0 atom stereocenters. The number of piperidine rings is 1. The SMILES string of the molecule is CC1CCN(C(=O)C2=NN(c3ccc(Cl)cc3)c3ncccc3S2(=O)=O)CC1. The third-order valence-corrected chi connectivity index (χ3v) is 6.93. The van der Waals surface area contributed by atoms with Gasteiger partial charge in [0.05, 0.1) is 5.69 Å². The standard InChI is InChI=1S/C19H19ClN4O3S/c1-13-8-11-23(12-9-13)19(25)18-22-24(15-6-4-14(20)5-7-15)17-16(28(18,26)27)3-2-10-21-17/h2-7,10,13H,8-9,11-12H2,1H3. The number of sulfone groups is 1. The highest BCUT2D eigenvalue weighted by molar-refractivity contribution is 8.08. The molecular weight excluding hydrogens is 400 g/mol. The maximum absolute atomic E-state index is 13.1. The number of hydrazone groups is 1. The molecule has 0 aliphatic carbocycles. The smallest absolute Gasteiger partial charge is 0.286 e. The average molecular weight is 419 g/mol. The van der Waals surface area contributed by atoms with Crippen molar-refractivity contribution in [2.24, 2.45) is 11.0 Å². The van der Waals surface area contributed by atoms with Gasteiger partial charge in [-0.25, -0.2) is 18.4 Å². The summed E-state index contributed by atoms with van der Waals surface area (Å²) in [5.74, 6) is 0.110. The van der Waals surface area contributed by atoms with E-state index in [1.165, 1.54) is 23.3 Å². The molecule has 0 bridgehead atoms. The minimum absolute atomic E-state index is 0.0336. The van der Waals surface area contributed by atoms with Gasteiger partial charge in [-0.2, -0.15) is 0 Å². The van der Waals surface area contributed by atoms with Crippen LogP contribution in [0.1, 0.15) is 19.8 Å². The van der Waals surface area contributed by atoms with Crippen LogP contribution in [-0.4, -0.2) is 42.3 Å². The first-order chi connectivity index (χ1) is 13.4. The van der Waals surface area contributed by atoms with Crippen LogP contribution in [0.2, 0.25) is 5.02 Å². The molecule has 0 radical (unpaired) electrons. The number of fused-ring (bicyclic) bond motifs is 1. The number of benzene rings is 1. The Bertz CT molecular complexity index is 1050. The molecule has 1 saturated heterocycles. The topological polar surface area (TPSA) is 82.9 Å². The molecule has 0 saturated carbocycles. The second-order valence-corrected chi connectivity index (χ2v) is 9.27. The lowest BCUT2D eigenvalue weighted by molar-refractivity contribution is -0.125. The van der Waals surface area contributed by atoms with E-state index in [9.17, 15) is 13.2 Å². The van der Waals surface area contributed by atoms with E-state index in [0.29, 0.717) is 29.7 Å². The number of nitrogens with zero attached hydrogens (tertiary/aromatic N) is 4. The summed E-state index contributed by atoms with van der Waals surface area (Å²) in [6, 6.07) is 9.73. The van der Waals surface area contributed by atoms with Gasteiger partial charge in [0.15, 0.2) is 5.82 Å². The molecular formula is C19H19ClN4O3S. The van der Waals surface area contributed by atoms with Gasteiger partial charge >= 0.3 is 0 Å². The summed E-state index contributed by atoms with van der Waals surface area (Å²) >= 11 is 5.96. The Labute approximate surface area is 168 Å². The summed E-state index contributed by atoms with van der Waals surface area (Å²) in [5.41, 5.74) is 0.566. The Hall–Kier alpha value is -2.45. The maximum atomic E-state index is 13.1. The summed E-state index contributed by atoms with van der Waals surface area (Å²) in [5, 5.41) is 5.68. The highest BCUT2D eigenvalue weighted by atomic mass is 35.5. The molecule has 0 N–H and O–H groups in total. The molecule has 3 heterocycles. The molecule has 7 nitrogen and oxygen atoms in total.